The number of nitrogens with zero attached hydrogens (tertiary/aromatic N) is 2. The number of benzene rings is 3. The van der Waals surface area contributed by atoms with Gasteiger partial charge in [-0.2, -0.15) is 0 Å². The van der Waals surface area contributed by atoms with Crippen molar-refractivity contribution >= 4 is 46.3 Å². The number of oxazole rings is 1. The van der Waals surface area contributed by atoms with E-state index < -0.39 is 30.2 Å². The normalized spacial score (nSPS) is 18.4. The summed E-state index contributed by atoms with van der Waals surface area (Å²) in [5, 5.41) is 3.48. The highest BCUT2D eigenvalue weighted by Crippen LogP contribution is 2.31. The van der Waals surface area contributed by atoms with E-state index in [0.717, 1.165) is 43.2 Å². The van der Waals surface area contributed by atoms with Gasteiger partial charge in [-0.05, 0) is 73.5 Å². The number of nitrogens with one attached hydrogen (secondary N) is 1. The van der Waals surface area contributed by atoms with Gasteiger partial charge in [0.15, 0.2) is 11.4 Å². The maximum atomic E-state index is 14.7. The predicted molar refractivity (Wildman–Crippen MR) is 214 cm³/mol. The lowest BCUT2D eigenvalue weighted by atomic mass is 9.85. The Labute approximate surface area is 333 Å². The molecule has 1 aliphatic carbocycles. The average molecular weight is 785 g/mol. The van der Waals surface area contributed by atoms with Crippen LogP contribution >= 0.6 is 11.6 Å². The Hall–Kier alpha value is -4.58. The van der Waals surface area contributed by atoms with Gasteiger partial charge >= 0.3 is 6.09 Å². The minimum Gasteiger partial charge on any atom is -0.445 e. The molecule has 11 nitrogen and oxygen atoms in total. The van der Waals surface area contributed by atoms with E-state index in [0.29, 0.717) is 54.3 Å². The minimum atomic E-state index is -0.910. The highest BCUT2D eigenvalue weighted by atomic mass is 35.5. The third kappa shape index (κ3) is 11.5. The molecule has 3 N–H and O–H groups in total. The van der Waals surface area contributed by atoms with Gasteiger partial charge in [0.1, 0.15) is 18.2 Å². The van der Waals surface area contributed by atoms with Crippen molar-refractivity contribution < 1.29 is 33.1 Å². The third-order valence-corrected chi connectivity index (χ3v) is 11.3. The number of hydrogen-bond donors (Lipinski definition) is 2. The summed E-state index contributed by atoms with van der Waals surface area (Å²) in [5.41, 5.74) is 8.57. The predicted octanol–water partition coefficient (Wildman–Crippen LogP) is 8.21. The number of rotatable bonds is 19. The van der Waals surface area contributed by atoms with Crippen LogP contribution in [0.25, 0.3) is 11.1 Å². The first kappa shape index (κ1) is 41.1. The van der Waals surface area contributed by atoms with Crippen molar-refractivity contribution in [2.45, 2.75) is 108 Å². The molecular weight excluding hydrogens is 732 g/mol. The first-order valence-electron chi connectivity index (χ1n) is 20.0. The molecule has 3 aromatic carbocycles. The summed E-state index contributed by atoms with van der Waals surface area (Å²) in [7, 11) is 0. The summed E-state index contributed by atoms with van der Waals surface area (Å²) in [5.74, 6) is -1.28. The zero-order chi connectivity index (χ0) is 39.3. The van der Waals surface area contributed by atoms with Crippen LogP contribution in [0.5, 0.6) is 0 Å². The van der Waals surface area contributed by atoms with Crippen LogP contribution in [0.4, 0.5) is 4.79 Å². The van der Waals surface area contributed by atoms with E-state index in [4.69, 9.17) is 31.2 Å². The van der Waals surface area contributed by atoms with Gasteiger partial charge < -0.3 is 29.8 Å². The highest BCUT2D eigenvalue weighted by molar-refractivity contribution is 6.30. The fraction of sp³-hybridized carbons (Fsp3) is 0.477. The number of fused-ring (bicyclic) bond motifs is 1. The maximum Gasteiger partial charge on any atom is 0.408 e. The van der Waals surface area contributed by atoms with Gasteiger partial charge in [-0.25, -0.2) is 9.78 Å². The quantitative estimate of drug-likeness (QED) is 0.0707. The first-order valence-corrected chi connectivity index (χ1v) is 20.4. The Bertz CT molecular complexity index is 1860. The number of para-hydroxylation sites is 2. The summed E-state index contributed by atoms with van der Waals surface area (Å²) in [6.07, 6.45) is 7.58. The number of nitrogens with two attached hydrogens (primary N) is 1. The van der Waals surface area contributed by atoms with Crippen LogP contribution in [0.1, 0.15) is 98.9 Å². The summed E-state index contributed by atoms with van der Waals surface area (Å²) in [6.45, 7) is 0.928. The van der Waals surface area contributed by atoms with E-state index in [9.17, 15) is 19.2 Å². The van der Waals surface area contributed by atoms with Crippen molar-refractivity contribution in [3.63, 3.8) is 0 Å². The number of amides is 2. The zero-order valence-electron chi connectivity index (χ0n) is 31.9. The molecule has 6 rings (SSSR count). The van der Waals surface area contributed by atoms with Crippen molar-refractivity contribution in [1.29, 1.82) is 0 Å². The summed E-state index contributed by atoms with van der Waals surface area (Å²) in [6, 6.07) is 22.0. The van der Waals surface area contributed by atoms with Crippen LogP contribution in [0.2, 0.25) is 5.02 Å². The van der Waals surface area contributed by atoms with Crippen molar-refractivity contribution in [3.8, 4) is 0 Å². The lowest BCUT2D eigenvalue weighted by Gasteiger charge is -2.30. The molecule has 4 atom stereocenters. The number of carbonyl (C=O) groups excluding carboxylic acids is 4. The Kier molecular flexibility index (Phi) is 15.1. The number of likely N-dealkylation sites (tertiary alicyclic amines) is 1. The van der Waals surface area contributed by atoms with Gasteiger partial charge in [-0.3, -0.25) is 14.4 Å². The second kappa shape index (κ2) is 20.5. The van der Waals surface area contributed by atoms with Gasteiger partial charge in [-0.15, -0.1) is 0 Å². The molecule has 1 aromatic heterocycles. The van der Waals surface area contributed by atoms with Crippen LogP contribution in [-0.4, -0.2) is 64.7 Å². The molecule has 0 radical (unpaired) electrons. The Balaban J connectivity index is 1.22. The second-order valence-electron chi connectivity index (χ2n) is 15.1. The Morgan fingerprint density at radius 2 is 1.62 bits per heavy atom. The number of alkyl carbamates (subject to hydrolysis) is 1. The summed E-state index contributed by atoms with van der Waals surface area (Å²) < 4.78 is 17.7. The number of unbranched alkanes of at least 4 members (excludes halogenated alkanes) is 1. The zero-order valence-corrected chi connectivity index (χ0v) is 32.7. The van der Waals surface area contributed by atoms with Crippen molar-refractivity contribution in [1.82, 2.24) is 15.2 Å². The van der Waals surface area contributed by atoms with Crippen LogP contribution in [0, 0.1) is 11.8 Å². The van der Waals surface area contributed by atoms with E-state index in [-0.39, 0.29) is 56.0 Å². The molecule has 1 aliphatic heterocycles. The van der Waals surface area contributed by atoms with E-state index in [1.165, 1.54) is 6.42 Å². The Morgan fingerprint density at radius 3 is 2.38 bits per heavy atom. The van der Waals surface area contributed by atoms with Crippen molar-refractivity contribution in [2.24, 2.45) is 17.6 Å². The maximum absolute atomic E-state index is 14.7. The van der Waals surface area contributed by atoms with Crippen LogP contribution < -0.4 is 11.1 Å². The van der Waals surface area contributed by atoms with Crippen LogP contribution in [-0.2, 0) is 32.3 Å². The molecule has 0 bridgehead atoms. The van der Waals surface area contributed by atoms with Gasteiger partial charge in [0.25, 0.3) is 5.89 Å². The first-order chi connectivity index (χ1) is 27.3. The number of halogens is 1. The van der Waals surface area contributed by atoms with Crippen LogP contribution in [0.3, 0.4) is 0 Å². The number of ketones is 2. The van der Waals surface area contributed by atoms with Gasteiger partial charge in [0, 0.05) is 30.3 Å². The van der Waals surface area contributed by atoms with Gasteiger partial charge in [0.2, 0.25) is 11.7 Å². The molecule has 2 fully saturated rings. The van der Waals surface area contributed by atoms with Gasteiger partial charge in [0.05, 0.1) is 18.8 Å². The van der Waals surface area contributed by atoms with Crippen LogP contribution in [0.15, 0.2) is 83.3 Å². The monoisotopic (exact) mass is 784 g/mol. The number of ether oxygens (including phenoxy) is 2. The SMILES string of the molecule is NCCCC[C@H](CC(=O)[C@@H]1C[C@@H](OCc2ccc(Cl)cc2)CN1C(=O)[C@@H](CCC1CCCCC1)NC(=O)OCc1ccccc1)C(=O)c1nc2ccccc2o1. The molecule has 2 amide bonds. The lowest BCUT2D eigenvalue weighted by molar-refractivity contribution is -0.139. The number of Topliss-reactive ketones (excluding diaryl/α,β-unsaturated/α-hetero) is 2. The number of aromatic nitrogens is 1. The fourth-order valence-electron chi connectivity index (χ4n) is 7.90. The molecule has 2 heterocycles. The largest absolute Gasteiger partial charge is 0.445 e. The standard InChI is InChI=1S/C44H53ClN4O7/c45-34-21-18-32(19-22-34)28-54-35-26-38(39(50)25-33(15-9-10-24-46)41(51)42-47-36-16-7-8-17-40(36)56-42)49(27-35)43(52)37(23-20-30-11-3-1-4-12-30)48-44(53)55-29-31-13-5-2-6-14-31/h2,5-8,13-14,16-19,21-22,30,33,35,37-38H,1,3-4,9-12,15,20,23-29,46H2,(H,48,53)/t33-,35-,37-,38+/m1/s1. The Morgan fingerprint density at radius 1 is 0.893 bits per heavy atom. The molecule has 4 aromatic rings. The molecule has 0 unspecified atom stereocenters. The van der Waals surface area contributed by atoms with Crippen molar-refractivity contribution in [2.75, 3.05) is 13.1 Å². The summed E-state index contributed by atoms with van der Waals surface area (Å²) >= 11 is 6.10. The average Bonchev–Trinajstić information content (AvgIpc) is 3.87. The molecule has 0 spiro atoms. The molecule has 298 valence electrons. The molecule has 1 saturated carbocycles. The van der Waals surface area contributed by atoms with Crippen molar-refractivity contribution in [3.05, 3.63) is 101 Å². The minimum absolute atomic E-state index is 0.0405. The van der Waals surface area contributed by atoms with E-state index >= 15 is 0 Å². The smallest absolute Gasteiger partial charge is 0.408 e. The number of hydrogen-bond acceptors (Lipinski definition) is 9. The second-order valence-corrected chi connectivity index (χ2v) is 15.6. The molecular formula is C44H53ClN4O7. The van der Waals surface area contributed by atoms with E-state index in [1.807, 2.05) is 48.5 Å². The number of carbonyl (C=O) groups is 4. The third-order valence-electron chi connectivity index (χ3n) is 11.0. The fourth-order valence-corrected chi connectivity index (χ4v) is 8.02. The lowest BCUT2D eigenvalue weighted by Crippen LogP contribution is -2.52. The summed E-state index contributed by atoms with van der Waals surface area (Å²) in [4.78, 5) is 62.3. The highest BCUT2D eigenvalue weighted by Gasteiger charge is 2.43. The van der Waals surface area contributed by atoms with E-state index in [2.05, 4.69) is 10.3 Å². The van der Waals surface area contributed by atoms with Gasteiger partial charge in [-0.1, -0.05) is 105 Å². The molecule has 1 saturated heterocycles. The molecule has 56 heavy (non-hydrogen) atoms. The topological polar surface area (TPSA) is 154 Å². The molecule has 2 aliphatic rings. The molecule has 12 heteroatoms. The van der Waals surface area contributed by atoms with E-state index in [1.54, 1.807) is 35.2 Å².